The maximum absolute atomic E-state index is 10.1. The Morgan fingerprint density at radius 3 is 2.52 bits per heavy atom. The lowest BCUT2D eigenvalue weighted by Gasteiger charge is -2.11. The van der Waals surface area contributed by atoms with Crippen LogP contribution in [-0.4, -0.2) is 11.2 Å². The zero-order chi connectivity index (χ0) is 14.5. The molecule has 2 aromatic carbocycles. The van der Waals surface area contributed by atoms with Crippen molar-refractivity contribution in [2.45, 2.75) is 44.6 Å². The molecule has 0 radical (unpaired) electrons. The Balaban J connectivity index is 1.83. The van der Waals surface area contributed by atoms with Crippen molar-refractivity contribution in [3.8, 4) is 11.5 Å². The van der Waals surface area contributed by atoms with E-state index in [9.17, 15) is 5.11 Å². The van der Waals surface area contributed by atoms with Gasteiger partial charge in [0.2, 0.25) is 0 Å². The van der Waals surface area contributed by atoms with Crippen LogP contribution >= 0.6 is 0 Å². The van der Waals surface area contributed by atoms with Crippen molar-refractivity contribution >= 4 is 0 Å². The van der Waals surface area contributed by atoms with E-state index >= 15 is 0 Å². The average molecular weight is 282 g/mol. The largest absolute Gasteiger partial charge is 0.457 e. The van der Waals surface area contributed by atoms with Crippen LogP contribution in [0.2, 0.25) is 0 Å². The first-order valence-electron chi connectivity index (χ1n) is 7.83. The van der Waals surface area contributed by atoms with Crippen molar-refractivity contribution < 1.29 is 9.84 Å². The minimum atomic E-state index is -0.193. The summed E-state index contributed by atoms with van der Waals surface area (Å²) >= 11 is 0. The summed E-state index contributed by atoms with van der Waals surface area (Å²) < 4.78 is 5.91. The Labute approximate surface area is 126 Å². The van der Waals surface area contributed by atoms with Crippen molar-refractivity contribution in [1.29, 1.82) is 0 Å². The molecule has 0 spiro atoms. The molecule has 0 aliphatic carbocycles. The highest BCUT2D eigenvalue weighted by molar-refractivity contribution is 5.35. The second-order valence-corrected chi connectivity index (χ2v) is 5.83. The van der Waals surface area contributed by atoms with Crippen LogP contribution in [-0.2, 0) is 12.8 Å². The molecule has 2 aromatic rings. The van der Waals surface area contributed by atoms with Crippen LogP contribution < -0.4 is 4.74 Å². The Kier molecular flexibility index (Phi) is 4.56. The minimum absolute atomic E-state index is 0.193. The zero-order valence-electron chi connectivity index (χ0n) is 12.3. The third kappa shape index (κ3) is 4.08. The number of rotatable bonds is 0. The second-order valence-electron chi connectivity index (χ2n) is 5.83. The Bertz CT molecular complexity index is 574. The topological polar surface area (TPSA) is 29.5 Å². The van der Waals surface area contributed by atoms with Gasteiger partial charge < -0.3 is 9.84 Å². The van der Waals surface area contributed by atoms with E-state index in [1.165, 1.54) is 11.1 Å². The van der Waals surface area contributed by atoms with Gasteiger partial charge in [-0.2, -0.15) is 0 Å². The standard InChI is InChI=1S/C19H22O2/c20-17-6-2-1-4-15-9-12-18(13-10-15)21-19-7-3-5-16(14-19)8-11-17/h3,5,7,9-10,12-14,17,20H,1-2,4,6,8,11H2/t17-/m1/s1. The van der Waals surface area contributed by atoms with Gasteiger partial charge in [0.05, 0.1) is 6.10 Å². The molecule has 4 bridgehead atoms. The highest BCUT2D eigenvalue weighted by atomic mass is 16.5. The summed E-state index contributed by atoms with van der Waals surface area (Å²) in [5, 5.41) is 10.1. The molecule has 1 atom stereocenters. The zero-order valence-corrected chi connectivity index (χ0v) is 12.3. The van der Waals surface area contributed by atoms with E-state index in [1.54, 1.807) is 0 Å². The summed E-state index contributed by atoms with van der Waals surface area (Å²) in [5.74, 6) is 1.75. The van der Waals surface area contributed by atoms with Crippen LogP contribution in [0.1, 0.15) is 36.8 Å². The minimum Gasteiger partial charge on any atom is -0.457 e. The fourth-order valence-electron chi connectivity index (χ4n) is 2.81. The predicted molar refractivity (Wildman–Crippen MR) is 84.8 cm³/mol. The third-order valence-corrected chi connectivity index (χ3v) is 4.08. The number of aryl methyl sites for hydroxylation is 2. The molecule has 2 nitrogen and oxygen atoms in total. The molecule has 110 valence electrons. The number of aliphatic hydroxyl groups excluding tert-OH is 1. The van der Waals surface area contributed by atoms with Crippen LogP contribution in [0.15, 0.2) is 48.5 Å². The molecule has 2 aliphatic heterocycles. The molecule has 0 aromatic heterocycles. The molecule has 0 unspecified atom stereocenters. The number of hydrogen-bond donors (Lipinski definition) is 1. The Morgan fingerprint density at radius 1 is 0.810 bits per heavy atom. The van der Waals surface area contributed by atoms with Gasteiger partial charge in [0.15, 0.2) is 0 Å². The predicted octanol–water partition coefficient (Wildman–Crippen LogP) is 4.50. The molecule has 0 fully saturated rings. The highest BCUT2D eigenvalue weighted by Crippen LogP contribution is 2.24. The lowest BCUT2D eigenvalue weighted by atomic mass is 10.0. The summed E-state index contributed by atoms with van der Waals surface area (Å²) in [4.78, 5) is 0. The first-order chi connectivity index (χ1) is 10.3. The Morgan fingerprint density at radius 2 is 1.67 bits per heavy atom. The van der Waals surface area contributed by atoms with Crippen molar-refractivity contribution in [2.75, 3.05) is 0 Å². The summed E-state index contributed by atoms with van der Waals surface area (Å²) in [6.45, 7) is 0. The SMILES string of the molecule is O[C@@H]1CCCCc2ccc(cc2)Oc2cccc(c2)CC1. The second kappa shape index (κ2) is 6.77. The van der Waals surface area contributed by atoms with E-state index in [-0.39, 0.29) is 6.10 Å². The van der Waals surface area contributed by atoms with Gasteiger partial charge >= 0.3 is 0 Å². The van der Waals surface area contributed by atoms with Crippen LogP contribution in [0.25, 0.3) is 0 Å². The van der Waals surface area contributed by atoms with Crippen LogP contribution in [0.4, 0.5) is 0 Å². The van der Waals surface area contributed by atoms with E-state index in [0.717, 1.165) is 50.0 Å². The number of benzene rings is 2. The monoisotopic (exact) mass is 282 g/mol. The van der Waals surface area contributed by atoms with Gasteiger partial charge in [-0.15, -0.1) is 0 Å². The maximum Gasteiger partial charge on any atom is 0.127 e. The summed E-state index contributed by atoms with van der Waals surface area (Å²) in [5.41, 5.74) is 2.55. The number of aliphatic hydroxyl groups is 1. The molecule has 0 saturated carbocycles. The van der Waals surface area contributed by atoms with Gasteiger partial charge in [-0.25, -0.2) is 0 Å². The molecule has 21 heavy (non-hydrogen) atoms. The van der Waals surface area contributed by atoms with Gasteiger partial charge in [0, 0.05) is 0 Å². The molecular weight excluding hydrogens is 260 g/mol. The number of hydrogen-bond acceptors (Lipinski definition) is 2. The molecule has 4 rings (SSSR count). The number of fused-ring (bicyclic) bond motifs is 8. The molecule has 2 heteroatoms. The quantitative estimate of drug-likeness (QED) is 0.771. The van der Waals surface area contributed by atoms with Crippen molar-refractivity contribution in [3.63, 3.8) is 0 Å². The lowest BCUT2D eigenvalue weighted by molar-refractivity contribution is 0.151. The normalized spacial score (nSPS) is 19.4. The van der Waals surface area contributed by atoms with Gasteiger partial charge in [0.1, 0.15) is 11.5 Å². The van der Waals surface area contributed by atoms with E-state index < -0.39 is 0 Å². The first kappa shape index (κ1) is 14.2. The summed E-state index contributed by atoms with van der Waals surface area (Å²) in [7, 11) is 0. The highest BCUT2D eigenvalue weighted by Gasteiger charge is 2.07. The van der Waals surface area contributed by atoms with Gasteiger partial charge in [-0.1, -0.05) is 30.7 Å². The average Bonchev–Trinajstić information content (AvgIpc) is 2.51. The fraction of sp³-hybridized carbons (Fsp3) is 0.368. The Hall–Kier alpha value is -1.80. The molecule has 0 saturated heterocycles. The van der Waals surface area contributed by atoms with Gasteiger partial charge in [-0.3, -0.25) is 0 Å². The van der Waals surface area contributed by atoms with Gasteiger partial charge in [-0.05, 0) is 67.5 Å². The first-order valence-corrected chi connectivity index (χ1v) is 7.83. The van der Waals surface area contributed by atoms with Gasteiger partial charge in [0.25, 0.3) is 0 Å². The van der Waals surface area contributed by atoms with E-state index in [1.807, 2.05) is 24.3 Å². The number of ether oxygens (including phenoxy) is 1. The van der Waals surface area contributed by atoms with E-state index in [2.05, 4.69) is 24.3 Å². The van der Waals surface area contributed by atoms with Crippen LogP contribution in [0, 0.1) is 0 Å². The smallest absolute Gasteiger partial charge is 0.127 e. The van der Waals surface area contributed by atoms with E-state index in [4.69, 9.17) is 4.74 Å². The summed E-state index contributed by atoms with van der Waals surface area (Å²) in [6, 6.07) is 16.5. The summed E-state index contributed by atoms with van der Waals surface area (Å²) in [6.07, 6.45) is 5.71. The fourth-order valence-corrected chi connectivity index (χ4v) is 2.81. The molecule has 1 N–H and O–H groups in total. The van der Waals surface area contributed by atoms with Crippen LogP contribution in [0.3, 0.4) is 0 Å². The van der Waals surface area contributed by atoms with Crippen molar-refractivity contribution in [3.05, 3.63) is 59.7 Å². The molecule has 2 heterocycles. The molecular formula is C19H22O2. The lowest BCUT2D eigenvalue weighted by Crippen LogP contribution is -2.08. The van der Waals surface area contributed by atoms with Crippen molar-refractivity contribution in [1.82, 2.24) is 0 Å². The van der Waals surface area contributed by atoms with E-state index in [0.29, 0.717) is 0 Å². The molecule has 2 aliphatic rings. The molecule has 0 amide bonds. The maximum atomic E-state index is 10.1. The van der Waals surface area contributed by atoms with Crippen LogP contribution in [0.5, 0.6) is 11.5 Å². The third-order valence-electron chi connectivity index (χ3n) is 4.08. The van der Waals surface area contributed by atoms with Crippen molar-refractivity contribution in [2.24, 2.45) is 0 Å².